The van der Waals surface area contributed by atoms with Gasteiger partial charge in [0.15, 0.2) is 0 Å². The van der Waals surface area contributed by atoms with E-state index in [1.54, 1.807) is 11.0 Å². The first-order valence-corrected chi connectivity index (χ1v) is 8.03. The zero-order valence-corrected chi connectivity index (χ0v) is 14.0. The Morgan fingerprint density at radius 1 is 1.19 bits per heavy atom. The number of rotatable bonds is 2. The van der Waals surface area contributed by atoms with E-state index in [2.05, 4.69) is 28.7 Å². The molecule has 3 rings (SSSR count). The van der Waals surface area contributed by atoms with Gasteiger partial charge in [-0.3, -0.25) is 4.79 Å². The number of fused-ring (bicyclic) bond motifs is 1. The van der Waals surface area contributed by atoms with Crippen molar-refractivity contribution >= 4 is 45.8 Å². The van der Waals surface area contributed by atoms with Crippen molar-refractivity contribution in [2.45, 2.75) is 19.4 Å². The minimum absolute atomic E-state index is 0.0732. The molecule has 0 fully saturated rings. The second-order valence-corrected chi connectivity index (χ2v) is 6.64. The van der Waals surface area contributed by atoms with Gasteiger partial charge in [-0.2, -0.15) is 0 Å². The fraction of sp³-hybridized carbons (Fsp3) is 0.188. The maximum Gasteiger partial charge on any atom is 0.227 e. The Morgan fingerprint density at radius 3 is 2.76 bits per heavy atom. The molecule has 0 radical (unpaired) electrons. The van der Waals surface area contributed by atoms with E-state index >= 15 is 0 Å². The molecule has 0 aliphatic carbocycles. The van der Waals surface area contributed by atoms with Crippen molar-refractivity contribution in [1.29, 1.82) is 0 Å². The molecule has 0 saturated heterocycles. The van der Waals surface area contributed by atoms with E-state index in [1.807, 2.05) is 12.1 Å². The number of carbonyl (C=O) groups excluding carboxylic acids is 1. The Labute approximate surface area is 141 Å². The van der Waals surface area contributed by atoms with Gasteiger partial charge in [-0.05, 0) is 70.5 Å². The molecular formula is C16H12ClFINO. The molecule has 1 amide bonds. The van der Waals surface area contributed by atoms with Crippen molar-refractivity contribution in [2.24, 2.45) is 0 Å². The topological polar surface area (TPSA) is 20.3 Å². The number of amides is 1. The summed E-state index contributed by atoms with van der Waals surface area (Å²) in [5.41, 5.74) is 2.84. The largest absolute Gasteiger partial charge is 0.308 e. The van der Waals surface area contributed by atoms with Crippen LogP contribution in [0, 0.1) is 9.39 Å². The molecule has 0 atom stereocenters. The number of carbonyl (C=O) groups is 1. The first-order valence-electron chi connectivity index (χ1n) is 6.57. The number of nitrogens with zero attached hydrogens (tertiary/aromatic N) is 1. The molecule has 2 nitrogen and oxygen atoms in total. The summed E-state index contributed by atoms with van der Waals surface area (Å²) in [6.45, 7) is 0.367. The molecule has 1 aliphatic heterocycles. The van der Waals surface area contributed by atoms with Crippen LogP contribution < -0.4 is 4.90 Å². The highest BCUT2D eigenvalue weighted by molar-refractivity contribution is 14.1. The molecule has 0 bridgehead atoms. The van der Waals surface area contributed by atoms with Gasteiger partial charge < -0.3 is 4.90 Å². The van der Waals surface area contributed by atoms with Crippen LogP contribution in [0.4, 0.5) is 10.1 Å². The van der Waals surface area contributed by atoms with Crippen LogP contribution in [0.3, 0.4) is 0 Å². The van der Waals surface area contributed by atoms with Crippen LogP contribution in [0.25, 0.3) is 0 Å². The molecule has 2 aromatic carbocycles. The number of benzene rings is 2. The van der Waals surface area contributed by atoms with E-state index in [0.29, 0.717) is 18.0 Å². The van der Waals surface area contributed by atoms with Gasteiger partial charge in [-0.1, -0.05) is 17.7 Å². The van der Waals surface area contributed by atoms with E-state index in [-0.39, 0.29) is 11.7 Å². The summed E-state index contributed by atoms with van der Waals surface area (Å²) in [6, 6.07) is 10.3. The summed E-state index contributed by atoms with van der Waals surface area (Å²) in [5.74, 6) is -0.298. The highest BCUT2D eigenvalue weighted by Gasteiger charge is 2.24. The normalized spacial score (nSPS) is 14.2. The second-order valence-electron chi connectivity index (χ2n) is 4.99. The predicted molar refractivity (Wildman–Crippen MR) is 90.1 cm³/mol. The Balaban J connectivity index is 1.96. The first-order chi connectivity index (χ1) is 10.0. The first kappa shape index (κ1) is 14.8. The zero-order valence-electron chi connectivity index (χ0n) is 11.1. The maximum absolute atomic E-state index is 13.1. The second kappa shape index (κ2) is 5.93. The average Bonchev–Trinajstić information content (AvgIpc) is 2.44. The molecule has 21 heavy (non-hydrogen) atoms. The standard InChI is InChI=1S/C16H12ClFINO/c17-14-8-12(18)3-1-11(14)9-20-15-5-4-13(19)7-10(15)2-6-16(20)21/h1,3-5,7-8H,2,6,9H2. The molecule has 0 spiro atoms. The van der Waals surface area contributed by atoms with Crippen molar-refractivity contribution < 1.29 is 9.18 Å². The third kappa shape index (κ3) is 3.06. The lowest BCUT2D eigenvalue weighted by atomic mass is 10.0. The number of hydrogen-bond acceptors (Lipinski definition) is 1. The van der Waals surface area contributed by atoms with Gasteiger partial charge >= 0.3 is 0 Å². The van der Waals surface area contributed by atoms with Crippen LogP contribution in [0.5, 0.6) is 0 Å². The number of anilines is 1. The van der Waals surface area contributed by atoms with Gasteiger partial charge in [0, 0.05) is 20.7 Å². The lowest BCUT2D eigenvalue weighted by Gasteiger charge is -2.30. The van der Waals surface area contributed by atoms with Crippen LogP contribution in [0.1, 0.15) is 17.5 Å². The number of halogens is 3. The smallest absolute Gasteiger partial charge is 0.227 e. The summed E-state index contributed by atoms with van der Waals surface area (Å²) >= 11 is 8.33. The van der Waals surface area contributed by atoms with Gasteiger partial charge in [0.2, 0.25) is 5.91 Å². The summed E-state index contributed by atoms with van der Waals surface area (Å²) in [4.78, 5) is 14.0. The third-order valence-electron chi connectivity index (χ3n) is 3.59. The van der Waals surface area contributed by atoms with Gasteiger partial charge in [-0.25, -0.2) is 4.39 Å². The van der Waals surface area contributed by atoms with Crippen LogP contribution in [0.2, 0.25) is 5.02 Å². The molecule has 5 heteroatoms. The van der Waals surface area contributed by atoms with Crippen molar-refractivity contribution in [3.63, 3.8) is 0 Å². The third-order valence-corrected chi connectivity index (χ3v) is 4.61. The van der Waals surface area contributed by atoms with E-state index in [0.717, 1.165) is 21.2 Å². The lowest BCUT2D eigenvalue weighted by Crippen LogP contribution is -2.34. The Bertz CT molecular complexity index is 719. The van der Waals surface area contributed by atoms with Crippen molar-refractivity contribution in [3.05, 3.63) is 61.9 Å². The molecule has 0 saturated carbocycles. The molecule has 1 heterocycles. The van der Waals surface area contributed by atoms with E-state index in [4.69, 9.17) is 11.6 Å². The van der Waals surface area contributed by atoms with E-state index < -0.39 is 0 Å². The van der Waals surface area contributed by atoms with Gasteiger partial charge in [0.05, 0.1) is 6.54 Å². The lowest BCUT2D eigenvalue weighted by molar-refractivity contribution is -0.119. The highest BCUT2D eigenvalue weighted by Crippen LogP contribution is 2.31. The van der Waals surface area contributed by atoms with Crippen LogP contribution >= 0.6 is 34.2 Å². The molecule has 108 valence electrons. The molecule has 1 aliphatic rings. The van der Waals surface area contributed by atoms with Crippen molar-refractivity contribution in [2.75, 3.05) is 4.90 Å². The molecule has 0 aromatic heterocycles. The summed E-state index contributed by atoms with van der Waals surface area (Å²) in [7, 11) is 0. The fourth-order valence-corrected chi connectivity index (χ4v) is 3.30. The minimum Gasteiger partial charge on any atom is -0.308 e. The van der Waals surface area contributed by atoms with E-state index in [9.17, 15) is 9.18 Å². The maximum atomic E-state index is 13.1. The Hall–Kier alpha value is -1.14. The van der Waals surface area contributed by atoms with Crippen LogP contribution in [0.15, 0.2) is 36.4 Å². The molecular weight excluding hydrogens is 404 g/mol. The average molecular weight is 416 g/mol. The molecule has 0 N–H and O–H groups in total. The zero-order chi connectivity index (χ0) is 15.0. The van der Waals surface area contributed by atoms with Crippen molar-refractivity contribution in [1.82, 2.24) is 0 Å². The molecule has 0 unspecified atom stereocenters. The van der Waals surface area contributed by atoms with Crippen molar-refractivity contribution in [3.8, 4) is 0 Å². The fourth-order valence-electron chi connectivity index (χ4n) is 2.52. The van der Waals surface area contributed by atoms with Gasteiger partial charge in [-0.15, -0.1) is 0 Å². The molecule has 2 aromatic rings. The number of aryl methyl sites for hydroxylation is 1. The Morgan fingerprint density at radius 2 is 2.00 bits per heavy atom. The van der Waals surface area contributed by atoms with Crippen LogP contribution in [-0.2, 0) is 17.8 Å². The van der Waals surface area contributed by atoms with Crippen LogP contribution in [-0.4, -0.2) is 5.91 Å². The summed E-state index contributed by atoms with van der Waals surface area (Å²) in [5, 5.41) is 0.348. The number of hydrogen-bond donors (Lipinski definition) is 0. The van der Waals surface area contributed by atoms with Gasteiger partial charge in [0.25, 0.3) is 0 Å². The summed E-state index contributed by atoms with van der Waals surface area (Å²) < 4.78 is 14.3. The minimum atomic E-state index is -0.372. The Kier molecular flexibility index (Phi) is 4.17. The highest BCUT2D eigenvalue weighted by atomic mass is 127. The predicted octanol–water partition coefficient (Wildman–Crippen LogP) is 4.56. The SMILES string of the molecule is O=C1CCc2cc(I)ccc2N1Cc1ccc(F)cc1Cl. The van der Waals surface area contributed by atoms with Gasteiger partial charge in [0.1, 0.15) is 5.82 Å². The quantitative estimate of drug-likeness (QED) is 0.658. The monoisotopic (exact) mass is 415 g/mol. The van der Waals surface area contributed by atoms with E-state index in [1.165, 1.54) is 17.7 Å². The summed E-state index contributed by atoms with van der Waals surface area (Å²) in [6.07, 6.45) is 1.25.